The fourth-order valence-electron chi connectivity index (χ4n) is 6.64. The molecule has 0 aromatic heterocycles. The first-order valence-electron chi connectivity index (χ1n) is 13.4. The number of fused-ring (bicyclic) bond motifs is 1. The lowest BCUT2D eigenvalue weighted by Gasteiger charge is -2.53. The Labute approximate surface area is 186 Å². The number of rotatable bonds is 3. The van der Waals surface area contributed by atoms with E-state index >= 15 is 0 Å². The van der Waals surface area contributed by atoms with Crippen LogP contribution in [0.25, 0.3) is 0 Å². The third-order valence-corrected chi connectivity index (χ3v) is 8.16. The van der Waals surface area contributed by atoms with Gasteiger partial charge in [0.25, 0.3) is 0 Å². The third kappa shape index (κ3) is 5.51. The Balaban J connectivity index is 1.63. The van der Waals surface area contributed by atoms with E-state index < -0.39 is 0 Å². The van der Waals surface area contributed by atoms with Gasteiger partial charge in [0.15, 0.2) is 0 Å². The summed E-state index contributed by atoms with van der Waals surface area (Å²) in [5.41, 5.74) is 1.42. The van der Waals surface area contributed by atoms with Gasteiger partial charge in [-0.15, -0.1) is 0 Å². The molecule has 1 heterocycles. The lowest BCUT2D eigenvalue weighted by molar-refractivity contribution is -0.0158. The number of hydrogen-bond acceptors (Lipinski definition) is 2. The third-order valence-electron chi connectivity index (χ3n) is 8.16. The van der Waals surface area contributed by atoms with Gasteiger partial charge >= 0.3 is 7.05 Å². The van der Waals surface area contributed by atoms with Crippen molar-refractivity contribution in [3.05, 3.63) is 35.9 Å². The van der Waals surface area contributed by atoms with Gasteiger partial charge in [0.2, 0.25) is 0 Å². The van der Waals surface area contributed by atoms with Crippen LogP contribution >= 0.6 is 0 Å². The molecule has 0 spiro atoms. The average Bonchev–Trinajstić information content (AvgIpc) is 2.80. The second-order valence-corrected chi connectivity index (χ2v) is 10.2. The molecule has 0 N–H and O–H groups in total. The number of nitrogens with zero attached hydrogens (tertiary/aromatic N) is 1. The van der Waals surface area contributed by atoms with Crippen molar-refractivity contribution in [3.8, 4) is 0 Å². The standard InChI is InChI=1S/C27H44BNO/c1-2-28-29(24-19-13-10-14-20-24)26-22-16-8-6-4-3-5-7-15-21-25(26)27(30-28)23-17-11-9-12-18-23/h9,11-12,17-18,24-27H,2-8,10,13-16,19-22H2,1H3. The highest BCUT2D eigenvalue weighted by atomic mass is 16.5. The summed E-state index contributed by atoms with van der Waals surface area (Å²) < 4.78 is 7.01. The molecule has 4 rings (SSSR count). The average molecular weight is 409 g/mol. The molecule has 3 atom stereocenters. The predicted octanol–water partition coefficient (Wildman–Crippen LogP) is 7.80. The molecule has 0 radical (unpaired) electrons. The maximum absolute atomic E-state index is 7.01. The minimum atomic E-state index is 0.281. The van der Waals surface area contributed by atoms with Crippen LogP contribution in [0.5, 0.6) is 0 Å². The van der Waals surface area contributed by atoms with E-state index in [0.29, 0.717) is 19.0 Å². The molecular formula is C27H44BNO. The molecule has 166 valence electrons. The molecule has 1 saturated heterocycles. The van der Waals surface area contributed by atoms with Gasteiger partial charge in [-0.05, 0) is 37.6 Å². The van der Waals surface area contributed by atoms with Crippen molar-refractivity contribution in [2.24, 2.45) is 5.92 Å². The van der Waals surface area contributed by atoms with Crippen LogP contribution in [-0.2, 0) is 4.65 Å². The van der Waals surface area contributed by atoms with E-state index in [4.69, 9.17) is 4.65 Å². The molecule has 2 nitrogen and oxygen atoms in total. The summed E-state index contributed by atoms with van der Waals surface area (Å²) in [5, 5.41) is 0. The van der Waals surface area contributed by atoms with E-state index in [2.05, 4.69) is 42.1 Å². The summed E-state index contributed by atoms with van der Waals surface area (Å²) in [7, 11) is 0.299. The topological polar surface area (TPSA) is 12.5 Å². The van der Waals surface area contributed by atoms with Crippen LogP contribution in [0.1, 0.15) is 115 Å². The molecule has 2 saturated carbocycles. The minimum absolute atomic E-state index is 0.281. The van der Waals surface area contributed by atoms with Crippen LogP contribution < -0.4 is 0 Å². The van der Waals surface area contributed by atoms with Gasteiger partial charge in [0, 0.05) is 18.0 Å². The molecule has 3 fully saturated rings. The second kappa shape index (κ2) is 11.7. The van der Waals surface area contributed by atoms with Gasteiger partial charge in [-0.25, -0.2) is 0 Å². The summed E-state index contributed by atoms with van der Waals surface area (Å²) in [4.78, 5) is 2.93. The molecule has 3 heteroatoms. The lowest BCUT2D eigenvalue weighted by Crippen LogP contribution is -2.61. The maximum atomic E-state index is 7.01. The fourth-order valence-corrected chi connectivity index (χ4v) is 6.64. The fraction of sp³-hybridized carbons (Fsp3) is 0.778. The maximum Gasteiger partial charge on any atom is 0.383 e. The Bertz CT molecular complexity index is 602. The highest BCUT2D eigenvalue weighted by Crippen LogP contribution is 2.44. The molecule has 1 aliphatic heterocycles. The normalized spacial score (nSPS) is 30.8. The van der Waals surface area contributed by atoms with Gasteiger partial charge in [0.05, 0.1) is 6.10 Å². The predicted molar refractivity (Wildman–Crippen MR) is 129 cm³/mol. The van der Waals surface area contributed by atoms with E-state index in [1.807, 2.05) is 0 Å². The highest BCUT2D eigenvalue weighted by molar-refractivity contribution is 6.49. The Morgan fingerprint density at radius 2 is 1.33 bits per heavy atom. The first-order valence-corrected chi connectivity index (χ1v) is 13.4. The summed E-state index contributed by atoms with van der Waals surface area (Å²) in [6, 6.07) is 12.7. The van der Waals surface area contributed by atoms with Gasteiger partial charge in [-0.3, -0.25) is 0 Å². The summed E-state index contributed by atoms with van der Waals surface area (Å²) in [6.45, 7) is 2.35. The van der Waals surface area contributed by atoms with Crippen LogP contribution in [0.2, 0.25) is 6.32 Å². The first kappa shape index (κ1) is 22.4. The van der Waals surface area contributed by atoms with Crippen LogP contribution in [0.4, 0.5) is 0 Å². The Kier molecular flexibility index (Phi) is 8.75. The molecule has 3 unspecified atom stereocenters. The van der Waals surface area contributed by atoms with E-state index in [9.17, 15) is 0 Å². The smallest absolute Gasteiger partial charge is 0.383 e. The van der Waals surface area contributed by atoms with Crippen LogP contribution in [-0.4, -0.2) is 23.9 Å². The van der Waals surface area contributed by atoms with Gasteiger partial charge in [-0.2, -0.15) is 0 Å². The first-order chi connectivity index (χ1) is 14.9. The van der Waals surface area contributed by atoms with Gasteiger partial charge in [0.1, 0.15) is 0 Å². The Morgan fingerprint density at radius 3 is 2.00 bits per heavy atom. The Morgan fingerprint density at radius 1 is 0.767 bits per heavy atom. The van der Waals surface area contributed by atoms with Crippen molar-refractivity contribution >= 4 is 7.05 Å². The SMILES string of the molecule is CCB1OC(c2ccccc2)C2CCCCCCCCCCC2N1C1CCCCC1. The van der Waals surface area contributed by atoms with E-state index in [-0.39, 0.29) is 6.10 Å². The van der Waals surface area contributed by atoms with Crippen LogP contribution in [0, 0.1) is 5.92 Å². The van der Waals surface area contributed by atoms with Crippen LogP contribution in [0.15, 0.2) is 30.3 Å². The van der Waals surface area contributed by atoms with Crippen molar-refractivity contribution in [1.82, 2.24) is 4.81 Å². The number of hydrogen-bond donors (Lipinski definition) is 0. The summed E-state index contributed by atoms with van der Waals surface area (Å²) in [6.07, 6.45) is 22.5. The molecular weight excluding hydrogens is 365 g/mol. The minimum Gasteiger partial charge on any atom is -0.414 e. The van der Waals surface area contributed by atoms with Crippen LogP contribution in [0.3, 0.4) is 0 Å². The molecule has 2 aliphatic carbocycles. The monoisotopic (exact) mass is 409 g/mol. The zero-order valence-corrected chi connectivity index (χ0v) is 19.4. The second-order valence-electron chi connectivity index (χ2n) is 10.2. The van der Waals surface area contributed by atoms with E-state index in [0.717, 1.165) is 12.4 Å². The van der Waals surface area contributed by atoms with Crippen molar-refractivity contribution in [3.63, 3.8) is 0 Å². The summed E-state index contributed by atoms with van der Waals surface area (Å²) in [5.74, 6) is 0.650. The molecule has 1 aromatic carbocycles. The molecule has 3 aliphatic rings. The molecule has 1 aromatic rings. The largest absolute Gasteiger partial charge is 0.414 e. The van der Waals surface area contributed by atoms with Gasteiger partial charge in [-0.1, -0.05) is 108 Å². The molecule has 30 heavy (non-hydrogen) atoms. The summed E-state index contributed by atoms with van der Waals surface area (Å²) >= 11 is 0. The molecule has 0 amide bonds. The van der Waals surface area contributed by atoms with Gasteiger partial charge < -0.3 is 9.47 Å². The van der Waals surface area contributed by atoms with Crippen molar-refractivity contribution in [2.75, 3.05) is 0 Å². The number of benzene rings is 1. The van der Waals surface area contributed by atoms with E-state index in [1.54, 1.807) is 0 Å². The van der Waals surface area contributed by atoms with Crippen molar-refractivity contribution in [2.45, 2.75) is 128 Å². The highest BCUT2D eigenvalue weighted by Gasteiger charge is 2.47. The zero-order valence-electron chi connectivity index (χ0n) is 19.4. The quantitative estimate of drug-likeness (QED) is 0.472. The Hall–Kier alpha value is -0.795. The van der Waals surface area contributed by atoms with E-state index in [1.165, 1.54) is 102 Å². The van der Waals surface area contributed by atoms with Crippen molar-refractivity contribution in [1.29, 1.82) is 0 Å². The van der Waals surface area contributed by atoms with Crippen molar-refractivity contribution < 1.29 is 4.65 Å². The zero-order chi connectivity index (χ0) is 20.6. The molecule has 0 bridgehead atoms. The lowest BCUT2D eigenvalue weighted by atomic mass is 9.64.